The van der Waals surface area contributed by atoms with Crippen LogP contribution in [0.2, 0.25) is 0 Å². The highest BCUT2D eigenvalue weighted by Crippen LogP contribution is 2.40. The Morgan fingerprint density at radius 3 is 2.48 bits per heavy atom. The topological polar surface area (TPSA) is 12.0 Å². The molecule has 1 nitrogen and oxygen atoms in total. The third-order valence-corrected chi connectivity index (χ3v) is 6.09. The summed E-state index contributed by atoms with van der Waals surface area (Å²) in [6, 6.07) is 5.25. The van der Waals surface area contributed by atoms with E-state index >= 15 is 0 Å². The first-order valence-electron chi connectivity index (χ1n) is 9.04. The first kappa shape index (κ1) is 17.0. The van der Waals surface area contributed by atoms with Gasteiger partial charge in [0.2, 0.25) is 0 Å². The molecule has 21 heavy (non-hydrogen) atoms. The molecule has 0 aliphatic heterocycles. The fraction of sp³-hybridized carbons (Fsp3) is 0.789. The van der Waals surface area contributed by atoms with E-state index in [9.17, 15) is 0 Å². The monoisotopic (exact) mass is 307 g/mol. The van der Waals surface area contributed by atoms with Crippen LogP contribution in [0.5, 0.6) is 0 Å². The zero-order chi connectivity index (χ0) is 15.1. The Bertz CT molecular complexity index is 390. The summed E-state index contributed by atoms with van der Waals surface area (Å²) >= 11 is 1.99. The fourth-order valence-electron chi connectivity index (χ4n) is 3.72. The molecule has 2 rings (SSSR count). The predicted octanol–water partition coefficient (Wildman–Crippen LogP) is 6.09. The fourth-order valence-corrected chi connectivity index (χ4v) is 4.77. The minimum absolute atomic E-state index is 0.607. The van der Waals surface area contributed by atoms with Crippen molar-refractivity contribution in [3.63, 3.8) is 0 Å². The summed E-state index contributed by atoms with van der Waals surface area (Å²) in [6.45, 7) is 7.96. The van der Waals surface area contributed by atoms with Crippen LogP contribution in [0.1, 0.15) is 81.0 Å². The van der Waals surface area contributed by atoms with Crippen LogP contribution in [-0.2, 0) is 0 Å². The number of hydrogen-bond acceptors (Lipinski definition) is 2. The molecule has 1 aromatic rings. The highest BCUT2D eigenvalue weighted by Gasteiger charge is 2.28. The average molecular weight is 308 g/mol. The van der Waals surface area contributed by atoms with Crippen molar-refractivity contribution >= 4 is 11.3 Å². The van der Waals surface area contributed by atoms with Crippen molar-refractivity contribution in [3.8, 4) is 0 Å². The van der Waals surface area contributed by atoms with Crippen molar-refractivity contribution in [1.29, 1.82) is 0 Å². The van der Waals surface area contributed by atoms with Gasteiger partial charge in [-0.3, -0.25) is 0 Å². The third kappa shape index (κ3) is 5.10. The molecular weight excluding hydrogens is 274 g/mol. The lowest BCUT2D eigenvalue weighted by Crippen LogP contribution is -2.31. The maximum Gasteiger partial charge on any atom is 0.0443 e. The summed E-state index contributed by atoms with van der Waals surface area (Å²) in [4.78, 5) is 3.02. The molecule has 0 radical (unpaired) electrons. The van der Waals surface area contributed by atoms with Gasteiger partial charge in [-0.05, 0) is 56.7 Å². The second-order valence-electron chi connectivity index (χ2n) is 6.80. The van der Waals surface area contributed by atoms with Crippen LogP contribution in [0, 0.1) is 18.8 Å². The number of unbranched alkanes of at least 4 members (excludes halogenated alkanes) is 1. The molecule has 1 aliphatic carbocycles. The maximum absolute atomic E-state index is 3.84. The van der Waals surface area contributed by atoms with E-state index in [1.165, 1.54) is 56.2 Å². The molecule has 2 heteroatoms. The summed E-state index contributed by atoms with van der Waals surface area (Å²) in [5, 5.41) is 3.84. The van der Waals surface area contributed by atoms with Crippen LogP contribution in [0.4, 0.5) is 0 Å². The van der Waals surface area contributed by atoms with Crippen molar-refractivity contribution in [2.75, 3.05) is 6.54 Å². The van der Waals surface area contributed by atoms with E-state index in [0.29, 0.717) is 6.04 Å². The number of aryl methyl sites for hydroxylation is 1. The lowest BCUT2D eigenvalue weighted by molar-refractivity contribution is 0.214. The van der Waals surface area contributed by atoms with Crippen molar-refractivity contribution in [2.24, 2.45) is 11.8 Å². The smallest absolute Gasteiger partial charge is 0.0443 e. The van der Waals surface area contributed by atoms with Gasteiger partial charge in [0.25, 0.3) is 0 Å². The number of nitrogens with one attached hydrogen (secondary N) is 1. The molecular formula is C19H33NS. The Balaban J connectivity index is 1.92. The standard InChI is InChI=1S/C19H33NS/c1-4-6-7-16-9-11-17(12-10-16)19(20-14-5-2)18-13-8-15(3)21-18/h8,13,16-17,19-20H,4-7,9-12,14H2,1-3H3. The Labute approximate surface area is 135 Å². The summed E-state index contributed by atoms with van der Waals surface area (Å²) in [5.74, 6) is 1.87. The molecule has 1 saturated carbocycles. The molecule has 1 fully saturated rings. The summed E-state index contributed by atoms with van der Waals surface area (Å²) in [6.07, 6.45) is 11.2. The summed E-state index contributed by atoms with van der Waals surface area (Å²) in [5.41, 5.74) is 0. The SMILES string of the molecule is CCCCC1CCC(C(NCCC)c2ccc(C)s2)CC1. The van der Waals surface area contributed by atoms with E-state index in [-0.39, 0.29) is 0 Å². The van der Waals surface area contributed by atoms with E-state index in [1.54, 1.807) is 4.88 Å². The van der Waals surface area contributed by atoms with Gasteiger partial charge < -0.3 is 5.32 Å². The molecule has 0 saturated heterocycles. The summed E-state index contributed by atoms with van der Waals surface area (Å²) in [7, 11) is 0. The van der Waals surface area contributed by atoms with Gasteiger partial charge in [0, 0.05) is 15.8 Å². The highest BCUT2D eigenvalue weighted by atomic mass is 32.1. The Kier molecular flexibility index (Phi) is 7.25. The quantitative estimate of drug-likeness (QED) is 0.612. The van der Waals surface area contributed by atoms with Gasteiger partial charge in [0.15, 0.2) is 0 Å². The molecule has 1 heterocycles. The van der Waals surface area contributed by atoms with Crippen molar-refractivity contribution < 1.29 is 0 Å². The van der Waals surface area contributed by atoms with Crippen molar-refractivity contribution in [3.05, 3.63) is 21.9 Å². The minimum atomic E-state index is 0.607. The second kappa shape index (κ2) is 8.95. The van der Waals surface area contributed by atoms with Gasteiger partial charge in [-0.1, -0.05) is 46.0 Å². The number of hydrogen-bond donors (Lipinski definition) is 1. The molecule has 0 aromatic carbocycles. The Morgan fingerprint density at radius 1 is 1.14 bits per heavy atom. The molecule has 0 bridgehead atoms. The van der Waals surface area contributed by atoms with Crippen LogP contribution in [0.15, 0.2) is 12.1 Å². The zero-order valence-corrected chi connectivity index (χ0v) is 15.0. The van der Waals surface area contributed by atoms with E-state index in [2.05, 4.69) is 38.2 Å². The van der Waals surface area contributed by atoms with Crippen LogP contribution >= 0.6 is 11.3 Å². The van der Waals surface area contributed by atoms with Crippen LogP contribution in [0.25, 0.3) is 0 Å². The lowest BCUT2D eigenvalue weighted by atomic mass is 9.76. The maximum atomic E-state index is 3.84. The predicted molar refractivity (Wildman–Crippen MR) is 95.1 cm³/mol. The van der Waals surface area contributed by atoms with Gasteiger partial charge >= 0.3 is 0 Å². The number of thiophene rings is 1. The largest absolute Gasteiger partial charge is 0.309 e. The first-order chi connectivity index (χ1) is 10.2. The molecule has 1 aromatic heterocycles. The minimum Gasteiger partial charge on any atom is -0.309 e. The van der Waals surface area contributed by atoms with E-state index in [0.717, 1.165) is 18.4 Å². The normalized spacial score (nSPS) is 24.1. The van der Waals surface area contributed by atoms with E-state index in [4.69, 9.17) is 0 Å². The van der Waals surface area contributed by atoms with Gasteiger partial charge in [0.05, 0.1) is 0 Å². The lowest BCUT2D eigenvalue weighted by Gasteiger charge is -2.34. The molecule has 0 amide bonds. The Hall–Kier alpha value is -0.340. The van der Waals surface area contributed by atoms with Gasteiger partial charge in [-0.25, -0.2) is 0 Å². The molecule has 1 unspecified atom stereocenters. The van der Waals surface area contributed by atoms with Crippen molar-refractivity contribution in [1.82, 2.24) is 5.32 Å². The highest BCUT2D eigenvalue weighted by molar-refractivity contribution is 7.12. The van der Waals surface area contributed by atoms with E-state index < -0.39 is 0 Å². The molecule has 1 N–H and O–H groups in total. The zero-order valence-electron chi connectivity index (χ0n) is 14.2. The first-order valence-corrected chi connectivity index (χ1v) is 9.86. The third-order valence-electron chi connectivity index (χ3n) is 5.01. The van der Waals surface area contributed by atoms with Gasteiger partial charge in [-0.2, -0.15) is 0 Å². The average Bonchev–Trinajstić information content (AvgIpc) is 2.93. The van der Waals surface area contributed by atoms with Gasteiger partial charge in [0.1, 0.15) is 0 Å². The molecule has 0 spiro atoms. The van der Waals surface area contributed by atoms with Crippen LogP contribution in [0.3, 0.4) is 0 Å². The van der Waals surface area contributed by atoms with Crippen LogP contribution < -0.4 is 5.32 Å². The molecule has 1 aliphatic rings. The summed E-state index contributed by atoms with van der Waals surface area (Å²) < 4.78 is 0. The Morgan fingerprint density at radius 2 is 1.90 bits per heavy atom. The van der Waals surface area contributed by atoms with E-state index in [1.807, 2.05) is 11.3 Å². The van der Waals surface area contributed by atoms with Crippen molar-refractivity contribution in [2.45, 2.75) is 78.2 Å². The molecule has 1 atom stereocenters. The van der Waals surface area contributed by atoms with Crippen LogP contribution in [-0.4, -0.2) is 6.54 Å². The van der Waals surface area contributed by atoms with Gasteiger partial charge in [-0.15, -0.1) is 11.3 Å². The second-order valence-corrected chi connectivity index (χ2v) is 8.12. The number of rotatable bonds is 8. The molecule has 120 valence electrons.